The van der Waals surface area contributed by atoms with E-state index in [0.717, 1.165) is 12.0 Å². The molecule has 338 valence electrons. The van der Waals surface area contributed by atoms with E-state index in [-0.39, 0.29) is 72.9 Å². The molecule has 1 aliphatic carbocycles. The Bertz CT molecular complexity index is 1590. The van der Waals surface area contributed by atoms with Gasteiger partial charge in [-0.25, -0.2) is 4.79 Å². The predicted octanol–water partition coefficient (Wildman–Crippen LogP) is 6.33. The van der Waals surface area contributed by atoms with E-state index in [1.165, 1.54) is 4.90 Å². The third-order valence-electron chi connectivity index (χ3n) is 13.7. The average molecular weight is 842 g/mol. The standard InChI is InChI=1S/C48H75NO11/c1-29-13-10-9-11-14-30(2)40(51)25-37-18-16-35(7)48(57,60-37)28-46(55)49-20-12-15-38(49)47(56)59-44(34(6)23-36-17-19-39(50)45(24-36)58-8)27-43(54)33(5)22-32(4)42(53)26-41(52)31(3)21-29/h9-11,13-14,22,29,31,33-40,42,44-45,50-51,53,57H,12,15-21,23-28H2,1-8H3/b11-9+,13-10-,30-14+,32-22-/t29-,31-,33-,34-,35-,36?,37+,38+,39+,40+,42+,44+,45+,48+/m1/s1. The highest BCUT2D eigenvalue weighted by molar-refractivity contribution is 5.87. The molecule has 12 nitrogen and oxygen atoms in total. The topological polar surface area (TPSA) is 180 Å². The number of aliphatic hydroxyl groups excluding tert-OH is 3. The highest BCUT2D eigenvalue weighted by Crippen LogP contribution is 2.38. The van der Waals surface area contributed by atoms with Crippen LogP contribution in [0, 0.1) is 35.5 Å². The summed E-state index contributed by atoms with van der Waals surface area (Å²) in [6, 6.07) is -0.894. The number of nitrogens with zero attached hydrogens (tertiary/aromatic N) is 1. The van der Waals surface area contributed by atoms with E-state index in [1.807, 2.05) is 65.0 Å². The Morgan fingerprint density at radius 3 is 2.32 bits per heavy atom. The van der Waals surface area contributed by atoms with Crippen LogP contribution in [0.4, 0.5) is 0 Å². The number of ketones is 2. The number of carbonyl (C=O) groups is 4. The lowest BCUT2D eigenvalue weighted by Crippen LogP contribution is -2.52. The zero-order valence-electron chi connectivity index (χ0n) is 37.5. The number of amides is 1. The van der Waals surface area contributed by atoms with E-state index in [9.17, 15) is 39.6 Å². The van der Waals surface area contributed by atoms with Crippen LogP contribution in [0.1, 0.15) is 132 Å². The van der Waals surface area contributed by atoms with Gasteiger partial charge >= 0.3 is 5.97 Å². The fourth-order valence-corrected chi connectivity index (χ4v) is 9.44. The SMILES string of the molecule is CO[C@H]1CC(C[C@@H](C)[C@@H]2CC(=O)[C@H](C)/C=C(/C)[C@@H](O)CC(=O)[C@H](C)C[C@H](C)\C=C/C=C/C=C(\C)[C@@H](O)C[C@@H]3CC[C@@H](C)[C@](O)(CC(=O)N4CCC[C@H]4C(=O)O2)O3)CC[C@@H]1O. The molecule has 4 rings (SSSR count). The van der Waals surface area contributed by atoms with Gasteiger partial charge in [0.2, 0.25) is 5.91 Å². The summed E-state index contributed by atoms with van der Waals surface area (Å²) in [4.78, 5) is 56.7. The van der Waals surface area contributed by atoms with Crippen molar-refractivity contribution in [3.63, 3.8) is 0 Å². The lowest BCUT2D eigenvalue weighted by Gasteiger charge is -2.43. The second-order valence-electron chi connectivity index (χ2n) is 18.8. The normalized spacial score (nSPS) is 41.3. The van der Waals surface area contributed by atoms with Crippen molar-refractivity contribution in [2.24, 2.45) is 35.5 Å². The van der Waals surface area contributed by atoms with Gasteiger partial charge in [-0.1, -0.05) is 71.1 Å². The largest absolute Gasteiger partial charge is 0.460 e. The van der Waals surface area contributed by atoms with E-state index in [2.05, 4.69) is 0 Å². The van der Waals surface area contributed by atoms with Gasteiger partial charge in [0, 0.05) is 50.7 Å². The molecular weight excluding hydrogens is 767 g/mol. The van der Waals surface area contributed by atoms with Crippen LogP contribution >= 0.6 is 0 Å². The molecule has 2 saturated heterocycles. The van der Waals surface area contributed by atoms with Gasteiger partial charge in [0.25, 0.3) is 0 Å². The molecule has 3 aliphatic heterocycles. The minimum atomic E-state index is -1.79. The van der Waals surface area contributed by atoms with E-state index in [0.29, 0.717) is 63.5 Å². The van der Waals surface area contributed by atoms with Gasteiger partial charge in [0.05, 0.1) is 36.9 Å². The number of hydrogen-bond donors (Lipinski definition) is 4. The van der Waals surface area contributed by atoms with E-state index < -0.39 is 60.1 Å². The van der Waals surface area contributed by atoms with Crippen molar-refractivity contribution in [1.29, 1.82) is 0 Å². The Hall–Kier alpha value is -3.00. The number of allylic oxidation sites excluding steroid dienone is 6. The summed E-state index contributed by atoms with van der Waals surface area (Å²) in [6.07, 6.45) is 12.2. The Morgan fingerprint density at radius 1 is 0.867 bits per heavy atom. The number of rotatable bonds is 4. The molecular formula is C48H75NO11. The monoisotopic (exact) mass is 842 g/mol. The van der Waals surface area contributed by atoms with Crippen LogP contribution < -0.4 is 0 Å². The molecule has 1 saturated carbocycles. The summed E-state index contributed by atoms with van der Waals surface area (Å²) >= 11 is 0. The first-order valence-corrected chi connectivity index (χ1v) is 22.5. The number of methoxy groups -OCH3 is 1. The molecule has 3 fully saturated rings. The van der Waals surface area contributed by atoms with Crippen LogP contribution in [0.25, 0.3) is 0 Å². The van der Waals surface area contributed by atoms with Gasteiger partial charge < -0.3 is 39.5 Å². The molecule has 60 heavy (non-hydrogen) atoms. The van der Waals surface area contributed by atoms with Crippen LogP contribution in [0.3, 0.4) is 0 Å². The van der Waals surface area contributed by atoms with Crippen LogP contribution in [-0.4, -0.2) is 111 Å². The Kier molecular flexibility index (Phi) is 19.0. The number of fused-ring (bicyclic) bond motifs is 3. The van der Waals surface area contributed by atoms with Gasteiger partial charge in [-0.15, -0.1) is 0 Å². The minimum absolute atomic E-state index is 0.0671. The molecule has 3 heterocycles. The second-order valence-corrected chi connectivity index (χ2v) is 18.8. The van der Waals surface area contributed by atoms with Crippen molar-refractivity contribution >= 4 is 23.4 Å². The van der Waals surface area contributed by atoms with E-state index in [4.69, 9.17) is 14.2 Å². The first kappa shape index (κ1) is 49.7. The van der Waals surface area contributed by atoms with E-state index >= 15 is 0 Å². The number of cyclic esters (lactones) is 1. The third-order valence-corrected chi connectivity index (χ3v) is 13.7. The number of hydrogen-bond acceptors (Lipinski definition) is 11. The fourth-order valence-electron chi connectivity index (χ4n) is 9.44. The van der Waals surface area contributed by atoms with Crippen molar-refractivity contribution in [1.82, 2.24) is 4.90 Å². The average Bonchev–Trinajstić information content (AvgIpc) is 3.70. The number of ether oxygens (including phenoxy) is 3. The van der Waals surface area contributed by atoms with Crippen molar-refractivity contribution in [2.45, 2.75) is 180 Å². The minimum Gasteiger partial charge on any atom is -0.460 e. The summed E-state index contributed by atoms with van der Waals surface area (Å²) < 4.78 is 18.0. The molecule has 12 heteroatoms. The zero-order chi connectivity index (χ0) is 44.3. The molecule has 0 aromatic rings. The molecule has 0 spiro atoms. The maximum Gasteiger partial charge on any atom is 0.329 e. The summed E-state index contributed by atoms with van der Waals surface area (Å²) in [6.45, 7) is 13.3. The predicted molar refractivity (Wildman–Crippen MR) is 229 cm³/mol. The van der Waals surface area contributed by atoms with Crippen LogP contribution in [0.15, 0.2) is 47.6 Å². The summed E-state index contributed by atoms with van der Waals surface area (Å²) in [7, 11) is 1.59. The van der Waals surface area contributed by atoms with Crippen LogP contribution in [-0.2, 0) is 33.4 Å². The molecule has 1 unspecified atom stereocenters. The van der Waals surface area contributed by atoms with Crippen molar-refractivity contribution in [3.05, 3.63) is 47.6 Å². The first-order valence-electron chi connectivity index (χ1n) is 22.5. The highest BCUT2D eigenvalue weighted by Gasteiger charge is 2.47. The maximum atomic E-state index is 14.1. The molecule has 1 amide bonds. The highest BCUT2D eigenvalue weighted by atomic mass is 16.6. The third kappa shape index (κ3) is 14.0. The van der Waals surface area contributed by atoms with Crippen LogP contribution in [0.2, 0.25) is 0 Å². The number of carbonyl (C=O) groups excluding carboxylic acids is 4. The number of Topliss-reactive ketones (excluding diaryl/α,β-unsaturated/α-hetero) is 2. The quantitative estimate of drug-likeness (QED) is 0.184. The Morgan fingerprint density at radius 2 is 1.60 bits per heavy atom. The summed E-state index contributed by atoms with van der Waals surface area (Å²) in [5.41, 5.74) is 1.24. The van der Waals surface area contributed by atoms with Crippen molar-refractivity contribution in [3.8, 4) is 0 Å². The fraction of sp³-hybridized carbons (Fsp3) is 0.750. The smallest absolute Gasteiger partial charge is 0.329 e. The van der Waals surface area contributed by atoms with Gasteiger partial charge in [0.15, 0.2) is 5.79 Å². The molecule has 4 aliphatic rings. The van der Waals surface area contributed by atoms with Gasteiger partial charge in [0.1, 0.15) is 23.7 Å². The first-order chi connectivity index (χ1) is 28.3. The Balaban J connectivity index is 1.61. The molecule has 2 bridgehead atoms. The Labute approximate surface area is 358 Å². The lowest BCUT2D eigenvalue weighted by molar-refractivity contribution is -0.283. The molecule has 14 atom stereocenters. The van der Waals surface area contributed by atoms with E-state index in [1.54, 1.807) is 27.0 Å². The molecule has 0 aromatic heterocycles. The molecule has 0 aromatic carbocycles. The molecule has 0 radical (unpaired) electrons. The number of esters is 1. The lowest BCUT2D eigenvalue weighted by atomic mass is 9.78. The van der Waals surface area contributed by atoms with Gasteiger partial charge in [-0.05, 0) is 101 Å². The molecule has 4 N–H and O–H groups in total. The van der Waals surface area contributed by atoms with Crippen molar-refractivity contribution in [2.75, 3.05) is 13.7 Å². The van der Waals surface area contributed by atoms with Gasteiger partial charge in [-0.3, -0.25) is 14.4 Å². The van der Waals surface area contributed by atoms with Gasteiger partial charge in [-0.2, -0.15) is 0 Å². The maximum absolute atomic E-state index is 14.1. The van der Waals surface area contributed by atoms with Crippen LogP contribution in [0.5, 0.6) is 0 Å². The number of aliphatic hydroxyl groups is 4. The second kappa shape index (κ2) is 22.9. The zero-order valence-corrected chi connectivity index (χ0v) is 37.5. The van der Waals surface area contributed by atoms with Crippen molar-refractivity contribution < 1.29 is 53.8 Å². The summed E-state index contributed by atoms with van der Waals surface area (Å²) in [5, 5.41) is 44.3. The summed E-state index contributed by atoms with van der Waals surface area (Å²) in [5.74, 6) is -4.33.